The topological polar surface area (TPSA) is 78.5 Å². The molecule has 2 aromatic heterocycles. The smallest absolute Gasteiger partial charge is 0.161 e. The van der Waals surface area contributed by atoms with Crippen LogP contribution in [0.15, 0.2) is 47.6 Å². The molecule has 0 aliphatic carbocycles. The number of hydrogen-bond donors (Lipinski definition) is 3. The molecule has 0 saturated carbocycles. The van der Waals surface area contributed by atoms with Crippen molar-refractivity contribution in [3.05, 3.63) is 53.9 Å². The third kappa shape index (κ3) is 4.51. The lowest BCUT2D eigenvalue weighted by Gasteiger charge is -2.11. The van der Waals surface area contributed by atoms with Gasteiger partial charge >= 0.3 is 0 Å². The van der Waals surface area contributed by atoms with Crippen LogP contribution >= 0.6 is 11.8 Å². The summed E-state index contributed by atoms with van der Waals surface area (Å²) in [6.45, 7) is 4.94. The van der Waals surface area contributed by atoms with Crippen LogP contribution in [0, 0.1) is 0 Å². The second kappa shape index (κ2) is 8.02. The summed E-state index contributed by atoms with van der Waals surface area (Å²) in [4.78, 5) is 9.13. The van der Waals surface area contributed by atoms with Crippen molar-refractivity contribution in [2.45, 2.75) is 31.3 Å². The Bertz CT molecular complexity index is 815. The molecule has 0 bridgehead atoms. The predicted octanol–water partition coefficient (Wildman–Crippen LogP) is 4.40. The highest BCUT2D eigenvalue weighted by atomic mass is 32.2. The van der Waals surface area contributed by atoms with E-state index < -0.39 is 0 Å². The lowest BCUT2D eigenvalue weighted by Crippen LogP contribution is -2.06. The Balaban J connectivity index is 1.74. The van der Waals surface area contributed by atoms with Crippen LogP contribution in [-0.4, -0.2) is 26.4 Å². The first-order valence-electron chi connectivity index (χ1n) is 8.17. The van der Waals surface area contributed by atoms with E-state index in [0.717, 1.165) is 22.4 Å². The van der Waals surface area contributed by atoms with Crippen molar-refractivity contribution in [1.82, 2.24) is 20.2 Å². The third-order valence-electron chi connectivity index (χ3n) is 3.71. The SMILES string of the molecule is CSc1ncc(Nc2cc(C(C)C)[nH]n2)nc1NCc1ccccc1. The van der Waals surface area contributed by atoms with E-state index in [1.165, 1.54) is 5.56 Å². The highest BCUT2D eigenvalue weighted by Crippen LogP contribution is 2.24. The van der Waals surface area contributed by atoms with Gasteiger partial charge in [-0.2, -0.15) is 5.10 Å². The minimum absolute atomic E-state index is 0.399. The van der Waals surface area contributed by atoms with Gasteiger partial charge in [-0.1, -0.05) is 44.2 Å². The van der Waals surface area contributed by atoms with E-state index in [9.17, 15) is 0 Å². The van der Waals surface area contributed by atoms with Gasteiger partial charge in [-0.15, -0.1) is 11.8 Å². The molecule has 0 unspecified atom stereocenters. The molecule has 25 heavy (non-hydrogen) atoms. The maximum Gasteiger partial charge on any atom is 0.161 e. The maximum absolute atomic E-state index is 4.65. The molecule has 0 radical (unpaired) electrons. The van der Waals surface area contributed by atoms with Crippen molar-refractivity contribution < 1.29 is 0 Å². The van der Waals surface area contributed by atoms with Gasteiger partial charge in [0, 0.05) is 18.3 Å². The highest BCUT2D eigenvalue weighted by molar-refractivity contribution is 7.98. The van der Waals surface area contributed by atoms with E-state index in [4.69, 9.17) is 0 Å². The quantitative estimate of drug-likeness (QED) is 0.546. The van der Waals surface area contributed by atoms with Gasteiger partial charge in [0.1, 0.15) is 5.03 Å². The number of benzene rings is 1. The fraction of sp³-hybridized carbons (Fsp3) is 0.278. The second-order valence-corrected chi connectivity index (χ2v) is 6.74. The molecule has 0 atom stereocenters. The van der Waals surface area contributed by atoms with Gasteiger partial charge in [-0.05, 0) is 17.7 Å². The summed E-state index contributed by atoms with van der Waals surface area (Å²) in [6, 6.07) is 12.2. The van der Waals surface area contributed by atoms with Gasteiger partial charge in [0.05, 0.1) is 6.20 Å². The summed E-state index contributed by atoms with van der Waals surface area (Å²) < 4.78 is 0. The van der Waals surface area contributed by atoms with Crippen LogP contribution < -0.4 is 10.6 Å². The van der Waals surface area contributed by atoms with Crippen LogP contribution in [0.4, 0.5) is 17.5 Å². The Morgan fingerprint density at radius 1 is 1.16 bits per heavy atom. The van der Waals surface area contributed by atoms with Crippen LogP contribution in [-0.2, 0) is 6.54 Å². The molecular weight excluding hydrogens is 332 g/mol. The molecule has 1 aromatic carbocycles. The number of thioether (sulfide) groups is 1. The molecule has 3 rings (SSSR count). The molecule has 2 heterocycles. The normalized spacial score (nSPS) is 10.9. The molecule has 7 heteroatoms. The molecule has 0 saturated heterocycles. The van der Waals surface area contributed by atoms with E-state index in [-0.39, 0.29) is 0 Å². The standard InChI is InChI=1S/C18H22N6S/c1-12(2)14-9-15(24-23-14)21-16-11-20-18(25-3)17(22-16)19-10-13-7-5-4-6-8-13/h4-9,11-12H,10H2,1-3H3,(H3,19,21,22,23,24). The Labute approximate surface area is 151 Å². The first-order chi connectivity index (χ1) is 12.2. The first kappa shape index (κ1) is 17.3. The van der Waals surface area contributed by atoms with Gasteiger partial charge in [-0.25, -0.2) is 9.97 Å². The van der Waals surface area contributed by atoms with Crippen molar-refractivity contribution in [3.8, 4) is 0 Å². The molecular formula is C18H22N6S. The van der Waals surface area contributed by atoms with Gasteiger partial charge in [0.15, 0.2) is 17.5 Å². The first-order valence-corrected chi connectivity index (χ1v) is 9.39. The summed E-state index contributed by atoms with van der Waals surface area (Å²) in [5.41, 5.74) is 2.28. The van der Waals surface area contributed by atoms with Crippen molar-refractivity contribution in [1.29, 1.82) is 0 Å². The zero-order chi connectivity index (χ0) is 17.6. The van der Waals surface area contributed by atoms with Crippen molar-refractivity contribution in [2.24, 2.45) is 0 Å². The number of nitrogens with zero attached hydrogens (tertiary/aromatic N) is 3. The molecule has 0 fully saturated rings. The van der Waals surface area contributed by atoms with Crippen LogP contribution in [0.3, 0.4) is 0 Å². The third-order valence-corrected chi connectivity index (χ3v) is 4.40. The van der Waals surface area contributed by atoms with E-state index >= 15 is 0 Å². The van der Waals surface area contributed by atoms with Crippen LogP contribution in [0.1, 0.15) is 31.0 Å². The Morgan fingerprint density at radius 2 is 1.96 bits per heavy atom. The molecule has 0 spiro atoms. The lowest BCUT2D eigenvalue weighted by molar-refractivity contribution is 0.811. The van der Waals surface area contributed by atoms with Crippen molar-refractivity contribution in [2.75, 3.05) is 16.9 Å². The van der Waals surface area contributed by atoms with Gasteiger partial charge in [0.25, 0.3) is 0 Å². The predicted molar refractivity (Wildman–Crippen MR) is 104 cm³/mol. The number of aromatic nitrogens is 4. The number of H-pyrrole nitrogens is 1. The molecule has 130 valence electrons. The number of anilines is 3. The van der Waals surface area contributed by atoms with Crippen LogP contribution in [0.2, 0.25) is 0 Å². The average Bonchev–Trinajstić information content (AvgIpc) is 3.10. The number of rotatable bonds is 7. The Morgan fingerprint density at radius 3 is 2.64 bits per heavy atom. The van der Waals surface area contributed by atoms with E-state index in [2.05, 4.69) is 56.8 Å². The highest BCUT2D eigenvalue weighted by Gasteiger charge is 2.09. The van der Waals surface area contributed by atoms with Crippen molar-refractivity contribution >= 4 is 29.2 Å². The monoisotopic (exact) mass is 354 g/mol. The number of hydrogen-bond acceptors (Lipinski definition) is 6. The lowest BCUT2D eigenvalue weighted by atomic mass is 10.1. The minimum Gasteiger partial charge on any atom is -0.364 e. The summed E-state index contributed by atoms with van der Waals surface area (Å²) in [6.07, 6.45) is 3.72. The summed E-state index contributed by atoms with van der Waals surface area (Å²) in [7, 11) is 0. The maximum atomic E-state index is 4.65. The van der Waals surface area contributed by atoms with E-state index in [1.54, 1.807) is 18.0 Å². The molecule has 3 aromatic rings. The largest absolute Gasteiger partial charge is 0.364 e. The Hall–Kier alpha value is -2.54. The molecule has 0 aliphatic heterocycles. The Kier molecular flexibility index (Phi) is 5.55. The molecule has 0 aliphatic rings. The fourth-order valence-corrected chi connectivity index (χ4v) is 2.78. The summed E-state index contributed by atoms with van der Waals surface area (Å²) in [5.74, 6) is 2.57. The zero-order valence-corrected chi connectivity index (χ0v) is 15.4. The minimum atomic E-state index is 0.399. The zero-order valence-electron chi connectivity index (χ0n) is 14.6. The van der Waals surface area contributed by atoms with Gasteiger partial charge in [-0.3, -0.25) is 5.10 Å². The number of aromatic amines is 1. The molecule has 3 N–H and O–H groups in total. The van der Waals surface area contributed by atoms with E-state index in [0.29, 0.717) is 18.3 Å². The van der Waals surface area contributed by atoms with Crippen molar-refractivity contribution in [3.63, 3.8) is 0 Å². The number of nitrogens with one attached hydrogen (secondary N) is 3. The molecule has 6 nitrogen and oxygen atoms in total. The fourth-order valence-electron chi connectivity index (χ4n) is 2.31. The average molecular weight is 354 g/mol. The van der Waals surface area contributed by atoms with Gasteiger partial charge in [0.2, 0.25) is 0 Å². The summed E-state index contributed by atoms with van der Waals surface area (Å²) >= 11 is 1.57. The summed E-state index contributed by atoms with van der Waals surface area (Å²) in [5, 5.41) is 14.7. The van der Waals surface area contributed by atoms with Crippen LogP contribution in [0.25, 0.3) is 0 Å². The van der Waals surface area contributed by atoms with Crippen LogP contribution in [0.5, 0.6) is 0 Å². The molecule has 0 amide bonds. The van der Waals surface area contributed by atoms with E-state index in [1.807, 2.05) is 30.5 Å². The second-order valence-electron chi connectivity index (χ2n) is 5.94. The van der Waals surface area contributed by atoms with Gasteiger partial charge < -0.3 is 10.6 Å².